The van der Waals surface area contributed by atoms with Gasteiger partial charge < -0.3 is 5.21 Å². The molecule has 0 amide bonds. The van der Waals surface area contributed by atoms with Gasteiger partial charge in [-0.05, 0) is 35.4 Å². The number of hydrogen-bond donors (Lipinski definition) is 1. The normalized spacial score (nSPS) is 11.1. The molecule has 0 unspecified atom stereocenters. The third-order valence-electron chi connectivity index (χ3n) is 3.52. The van der Waals surface area contributed by atoms with Gasteiger partial charge in [-0.3, -0.25) is 4.79 Å². The second-order valence-corrected chi connectivity index (χ2v) is 5.36. The van der Waals surface area contributed by atoms with Crippen LogP contribution in [0.5, 0.6) is 0 Å². The van der Waals surface area contributed by atoms with Crippen LogP contribution in [0.4, 0.5) is 8.78 Å². The Hall–Kier alpha value is -3.35. The first kappa shape index (κ1) is 16.5. The second kappa shape index (κ2) is 7.04. The summed E-state index contributed by atoms with van der Waals surface area (Å²) in [5.41, 5.74) is 1.60. The van der Waals surface area contributed by atoms with Gasteiger partial charge in [-0.1, -0.05) is 23.4 Å². The van der Waals surface area contributed by atoms with Crippen molar-refractivity contribution in [3.63, 3.8) is 0 Å². The Labute approximate surface area is 141 Å². The van der Waals surface area contributed by atoms with E-state index in [1.54, 1.807) is 24.3 Å². The van der Waals surface area contributed by atoms with Crippen LogP contribution in [0.3, 0.4) is 0 Å². The van der Waals surface area contributed by atoms with Gasteiger partial charge in [0.15, 0.2) is 0 Å². The van der Waals surface area contributed by atoms with Crippen LogP contribution in [0, 0.1) is 11.6 Å². The lowest BCUT2D eigenvalue weighted by atomic mass is 10.1. The Morgan fingerprint density at radius 3 is 2.56 bits per heavy atom. The SMILES string of the molecule is O=c1ccc(-c2cc(F)cc(F)c2)nn1Cc1cccc(/C=N/O)c1. The van der Waals surface area contributed by atoms with Crippen molar-refractivity contribution in [3.8, 4) is 11.3 Å². The van der Waals surface area contributed by atoms with Crippen LogP contribution in [0.25, 0.3) is 11.3 Å². The molecule has 3 rings (SSSR count). The second-order valence-electron chi connectivity index (χ2n) is 5.36. The maximum Gasteiger partial charge on any atom is 0.267 e. The molecule has 0 saturated carbocycles. The van der Waals surface area contributed by atoms with Crippen LogP contribution in [0.2, 0.25) is 0 Å². The molecule has 0 fully saturated rings. The molecule has 1 aromatic heterocycles. The van der Waals surface area contributed by atoms with Crippen LogP contribution >= 0.6 is 0 Å². The highest BCUT2D eigenvalue weighted by Crippen LogP contribution is 2.18. The average Bonchev–Trinajstić information content (AvgIpc) is 2.57. The number of rotatable bonds is 4. The highest BCUT2D eigenvalue weighted by Gasteiger charge is 2.08. The van der Waals surface area contributed by atoms with Gasteiger partial charge in [0.25, 0.3) is 5.56 Å². The summed E-state index contributed by atoms with van der Waals surface area (Å²) in [6.45, 7) is 0.164. The van der Waals surface area contributed by atoms with E-state index in [-0.39, 0.29) is 23.4 Å². The summed E-state index contributed by atoms with van der Waals surface area (Å²) in [6.07, 6.45) is 1.27. The Bertz CT molecular complexity index is 979. The minimum Gasteiger partial charge on any atom is -0.411 e. The zero-order valence-electron chi connectivity index (χ0n) is 12.9. The van der Waals surface area contributed by atoms with Gasteiger partial charge in [-0.25, -0.2) is 13.5 Å². The summed E-state index contributed by atoms with van der Waals surface area (Å²) in [5, 5.41) is 15.7. The van der Waals surface area contributed by atoms with E-state index in [1.165, 1.54) is 23.0 Å². The van der Waals surface area contributed by atoms with Crippen molar-refractivity contribution in [2.24, 2.45) is 5.16 Å². The zero-order chi connectivity index (χ0) is 17.8. The Kier molecular flexibility index (Phi) is 4.65. The maximum absolute atomic E-state index is 13.4. The Morgan fingerprint density at radius 1 is 1.08 bits per heavy atom. The zero-order valence-corrected chi connectivity index (χ0v) is 12.9. The third-order valence-corrected chi connectivity index (χ3v) is 3.52. The van der Waals surface area contributed by atoms with Crippen molar-refractivity contribution < 1.29 is 14.0 Å². The van der Waals surface area contributed by atoms with E-state index in [0.717, 1.165) is 23.8 Å². The van der Waals surface area contributed by atoms with E-state index in [9.17, 15) is 13.6 Å². The predicted molar refractivity (Wildman–Crippen MR) is 88.8 cm³/mol. The standard InChI is InChI=1S/C18H13F2N3O2/c19-15-7-14(8-16(20)9-15)17-4-5-18(24)23(22-17)11-13-3-1-2-12(6-13)10-21-25/h1-10,25H,11H2/b21-10+. The van der Waals surface area contributed by atoms with Gasteiger partial charge in [0.2, 0.25) is 0 Å². The molecule has 5 nitrogen and oxygen atoms in total. The first-order chi connectivity index (χ1) is 12.0. The van der Waals surface area contributed by atoms with Crippen LogP contribution in [-0.4, -0.2) is 21.2 Å². The molecule has 0 spiro atoms. The molecule has 1 heterocycles. The maximum atomic E-state index is 13.4. The number of nitrogens with zero attached hydrogens (tertiary/aromatic N) is 3. The summed E-state index contributed by atoms with van der Waals surface area (Å²) in [4.78, 5) is 12.0. The molecule has 7 heteroatoms. The Balaban J connectivity index is 1.97. The summed E-state index contributed by atoms with van der Waals surface area (Å²) in [7, 11) is 0. The molecular weight excluding hydrogens is 328 g/mol. The molecule has 2 aromatic carbocycles. The molecular formula is C18H13F2N3O2. The molecule has 126 valence electrons. The number of hydrogen-bond acceptors (Lipinski definition) is 4. The fourth-order valence-corrected chi connectivity index (χ4v) is 2.43. The first-order valence-corrected chi connectivity index (χ1v) is 7.36. The smallest absolute Gasteiger partial charge is 0.267 e. The van der Waals surface area contributed by atoms with Crippen LogP contribution in [0.1, 0.15) is 11.1 Å². The van der Waals surface area contributed by atoms with Crippen molar-refractivity contribution in [1.29, 1.82) is 0 Å². The molecule has 0 saturated heterocycles. The molecule has 0 aliphatic rings. The topological polar surface area (TPSA) is 67.5 Å². The summed E-state index contributed by atoms with van der Waals surface area (Å²) in [6, 6.07) is 12.8. The lowest BCUT2D eigenvalue weighted by molar-refractivity contribution is 0.322. The molecule has 0 radical (unpaired) electrons. The van der Waals surface area contributed by atoms with E-state index >= 15 is 0 Å². The van der Waals surface area contributed by atoms with Gasteiger partial charge >= 0.3 is 0 Å². The van der Waals surface area contributed by atoms with Crippen molar-refractivity contribution in [2.45, 2.75) is 6.54 Å². The van der Waals surface area contributed by atoms with Gasteiger partial charge in [0.05, 0.1) is 18.5 Å². The van der Waals surface area contributed by atoms with E-state index in [0.29, 0.717) is 5.56 Å². The van der Waals surface area contributed by atoms with Gasteiger partial charge in [0.1, 0.15) is 11.6 Å². The molecule has 0 aliphatic heterocycles. The minimum atomic E-state index is -0.717. The third kappa shape index (κ3) is 3.95. The lowest BCUT2D eigenvalue weighted by Crippen LogP contribution is -2.22. The van der Waals surface area contributed by atoms with E-state index < -0.39 is 11.6 Å². The van der Waals surface area contributed by atoms with Crippen molar-refractivity contribution in [1.82, 2.24) is 9.78 Å². The summed E-state index contributed by atoms with van der Waals surface area (Å²) >= 11 is 0. The van der Waals surface area contributed by atoms with Gasteiger partial charge in [0, 0.05) is 17.7 Å². The predicted octanol–water partition coefficient (Wildman–Crippen LogP) is 3.04. The van der Waals surface area contributed by atoms with Crippen LogP contribution < -0.4 is 5.56 Å². The highest BCUT2D eigenvalue weighted by molar-refractivity contribution is 5.79. The van der Waals surface area contributed by atoms with Crippen molar-refractivity contribution in [3.05, 3.63) is 87.7 Å². The van der Waals surface area contributed by atoms with Gasteiger partial charge in [-0.2, -0.15) is 5.10 Å². The molecule has 0 aliphatic carbocycles. The summed E-state index contributed by atoms with van der Waals surface area (Å²) in [5.74, 6) is -1.43. The molecule has 1 N–H and O–H groups in total. The number of benzene rings is 2. The van der Waals surface area contributed by atoms with E-state index in [1.807, 2.05) is 0 Å². The van der Waals surface area contributed by atoms with Crippen LogP contribution in [0.15, 0.2) is 64.5 Å². The quantitative estimate of drug-likeness (QED) is 0.451. The molecule has 0 bridgehead atoms. The highest BCUT2D eigenvalue weighted by atomic mass is 19.1. The van der Waals surface area contributed by atoms with Crippen molar-refractivity contribution in [2.75, 3.05) is 0 Å². The molecule has 25 heavy (non-hydrogen) atoms. The van der Waals surface area contributed by atoms with E-state index in [4.69, 9.17) is 5.21 Å². The monoisotopic (exact) mass is 341 g/mol. The fraction of sp³-hybridized carbons (Fsp3) is 0.0556. The van der Waals surface area contributed by atoms with Crippen molar-refractivity contribution >= 4 is 6.21 Å². The molecule has 0 atom stereocenters. The molecule has 3 aromatic rings. The summed E-state index contributed by atoms with van der Waals surface area (Å²) < 4.78 is 28.0. The largest absolute Gasteiger partial charge is 0.411 e. The van der Waals surface area contributed by atoms with Gasteiger partial charge in [-0.15, -0.1) is 0 Å². The Morgan fingerprint density at radius 2 is 1.84 bits per heavy atom. The first-order valence-electron chi connectivity index (χ1n) is 7.36. The number of halogens is 2. The lowest BCUT2D eigenvalue weighted by Gasteiger charge is -2.08. The van der Waals surface area contributed by atoms with E-state index in [2.05, 4.69) is 10.3 Å². The van der Waals surface area contributed by atoms with Crippen LogP contribution in [-0.2, 0) is 6.54 Å². The average molecular weight is 341 g/mol. The number of aromatic nitrogens is 2. The fourth-order valence-electron chi connectivity index (χ4n) is 2.43. The number of oxime groups is 1. The minimum absolute atomic E-state index is 0.164.